The molecule has 1 aromatic rings. The van der Waals surface area contributed by atoms with Gasteiger partial charge in [0, 0.05) is 26.2 Å². The van der Waals surface area contributed by atoms with Crippen LogP contribution in [0.3, 0.4) is 0 Å². The lowest BCUT2D eigenvalue weighted by Gasteiger charge is -2.29. The van der Waals surface area contributed by atoms with E-state index < -0.39 is 35.7 Å². The molecule has 2 amide bonds. The molecular formula is C20H25FN2O5. The van der Waals surface area contributed by atoms with E-state index in [9.17, 15) is 23.6 Å². The molecule has 2 N–H and O–H groups in total. The Balaban J connectivity index is 2.16. The van der Waals surface area contributed by atoms with Crippen molar-refractivity contribution in [2.24, 2.45) is 5.92 Å². The van der Waals surface area contributed by atoms with Crippen molar-refractivity contribution in [3.05, 3.63) is 35.6 Å². The number of benzene rings is 1. The molecule has 7 nitrogen and oxygen atoms in total. The molecular weight excluding hydrogens is 367 g/mol. The van der Waals surface area contributed by atoms with Crippen molar-refractivity contribution >= 4 is 23.6 Å². The van der Waals surface area contributed by atoms with Crippen LogP contribution in [-0.2, 0) is 30.3 Å². The number of esters is 1. The van der Waals surface area contributed by atoms with Gasteiger partial charge in [0.1, 0.15) is 23.7 Å². The maximum absolute atomic E-state index is 13.4. The highest BCUT2D eigenvalue weighted by molar-refractivity contribution is 5.91. The molecule has 0 aliphatic heterocycles. The summed E-state index contributed by atoms with van der Waals surface area (Å²) in [7, 11) is 1.21. The number of methoxy groups -OCH3 is 1. The van der Waals surface area contributed by atoms with Gasteiger partial charge in [-0.2, -0.15) is 0 Å². The minimum atomic E-state index is -0.995. The van der Waals surface area contributed by atoms with Gasteiger partial charge in [-0.25, -0.2) is 9.18 Å². The zero-order valence-corrected chi connectivity index (χ0v) is 16.0. The third-order valence-corrected chi connectivity index (χ3v) is 4.77. The van der Waals surface area contributed by atoms with Gasteiger partial charge in [-0.15, -0.1) is 0 Å². The number of Topliss-reactive ketones (excluding diaryl/α,β-unsaturated/α-hetero) is 1. The standard InChI is InChI=1S/C20H25FN2O5/c1-12(24)22-17(10-13-5-3-7-15(21)9-13)19(26)23-18(20(27)28-2)14-6-4-8-16(25)11-14/h3,5,7,9,14,17-18H,4,6,8,10-11H2,1-2H3,(H,22,24)(H,23,26)/t14-,17+,18-/m1/s1. The van der Waals surface area contributed by atoms with Crippen LogP contribution in [0.25, 0.3) is 0 Å². The van der Waals surface area contributed by atoms with E-state index in [1.54, 1.807) is 6.07 Å². The molecule has 1 aliphatic carbocycles. The van der Waals surface area contributed by atoms with Gasteiger partial charge in [0.2, 0.25) is 11.8 Å². The summed E-state index contributed by atoms with van der Waals surface area (Å²) in [4.78, 5) is 48.3. The number of nitrogens with one attached hydrogen (secondary N) is 2. The van der Waals surface area contributed by atoms with Crippen LogP contribution in [0, 0.1) is 11.7 Å². The highest BCUT2D eigenvalue weighted by Gasteiger charge is 2.35. The summed E-state index contributed by atoms with van der Waals surface area (Å²) in [6.45, 7) is 1.27. The minimum Gasteiger partial charge on any atom is -0.467 e. The first kappa shape index (κ1) is 21.5. The van der Waals surface area contributed by atoms with Crippen LogP contribution in [0.5, 0.6) is 0 Å². The quantitative estimate of drug-likeness (QED) is 0.681. The van der Waals surface area contributed by atoms with Gasteiger partial charge >= 0.3 is 5.97 Å². The number of hydrogen-bond donors (Lipinski definition) is 2. The van der Waals surface area contributed by atoms with Gasteiger partial charge in [-0.1, -0.05) is 12.1 Å². The molecule has 1 saturated carbocycles. The molecule has 8 heteroatoms. The van der Waals surface area contributed by atoms with Gasteiger partial charge in [0.15, 0.2) is 0 Å². The molecule has 0 heterocycles. The highest BCUT2D eigenvalue weighted by Crippen LogP contribution is 2.25. The number of hydrogen-bond acceptors (Lipinski definition) is 5. The fourth-order valence-corrected chi connectivity index (χ4v) is 3.45. The predicted octanol–water partition coefficient (Wildman–Crippen LogP) is 1.29. The Morgan fingerprint density at radius 1 is 1.29 bits per heavy atom. The van der Waals surface area contributed by atoms with Crippen LogP contribution in [-0.4, -0.2) is 42.8 Å². The summed E-state index contributed by atoms with van der Waals surface area (Å²) in [6.07, 6.45) is 1.97. The Bertz CT molecular complexity index is 752. The monoisotopic (exact) mass is 392 g/mol. The topological polar surface area (TPSA) is 102 Å². The molecule has 0 aromatic heterocycles. The number of ketones is 1. The maximum Gasteiger partial charge on any atom is 0.328 e. The zero-order valence-electron chi connectivity index (χ0n) is 16.0. The number of carbonyl (C=O) groups excluding carboxylic acids is 4. The van der Waals surface area contributed by atoms with Crippen molar-refractivity contribution in [3.63, 3.8) is 0 Å². The largest absolute Gasteiger partial charge is 0.467 e. The SMILES string of the molecule is COC(=O)[C@H](NC(=O)[C@H](Cc1cccc(F)c1)NC(C)=O)[C@@H]1CCCC(=O)C1. The van der Waals surface area contributed by atoms with E-state index in [-0.39, 0.29) is 24.5 Å². The summed E-state index contributed by atoms with van der Waals surface area (Å²) in [5.74, 6) is -2.43. The maximum atomic E-state index is 13.4. The Morgan fingerprint density at radius 3 is 2.64 bits per heavy atom. The lowest BCUT2D eigenvalue weighted by atomic mass is 9.83. The van der Waals surface area contributed by atoms with E-state index in [0.717, 1.165) is 0 Å². The van der Waals surface area contributed by atoms with Crippen molar-refractivity contribution in [1.82, 2.24) is 10.6 Å². The highest BCUT2D eigenvalue weighted by atomic mass is 19.1. The molecule has 1 aliphatic rings. The summed E-state index contributed by atoms with van der Waals surface area (Å²) >= 11 is 0. The molecule has 2 rings (SSSR count). The molecule has 0 bridgehead atoms. The Hall–Kier alpha value is -2.77. The van der Waals surface area contributed by atoms with Crippen LogP contribution >= 0.6 is 0 Å². The summed E-state index contributed by atoms with van der Waals surface area (Å²) in [5.41, 5.74) is 0.524. The van der Waals surface area contributed by atoms with E-state index in [1.807, 2.05) is 0 Å². The Morgan fingerprint density at radius 2 is 2.04 bits per heavy atom. The summed E-state index contributed by atoms with van der Waals surface area (Å²) in [6, 6.07) is 3.74. The van der Waals surface area contributed by atoms with Crippen LogP contribution < -0.4 is 10.6 Å². The van der Waals surface area contributed by atoms with Crippen LogP contribution in [0.4, 0.5) is 4.39 Å². The van der Waals surface area contributed by atoms with Crippen molar-refractivity contribution in [2.45, 2.75) is 51.1 Å². The van der Waals surface area contributed by atoms with Crippen molar-refractivity contribution in [2.75, 3.05) is 7.11 Å². The number of rotatable bonds is 7. The lowest BCUT2D eigenvalue weighted by molar-refractivity contribution is -0.147. The van der Waals surface area contributed by atoms with E-state index in [2.05, 4.69) is 10.6 Å². The molecule has 0 saturated heterocycles. The number of carbonyl (C=O) groups is 4. The summed E-state index contributed by atoms with van der Waals surface area (Å²) < 4.78 is 18.2. The van der Waals surface area contributed by atoms with Crippen LogP contribution in [0.1, 0.15) is 38.2 Å². The average molecular weight is 392 g/mol. The Labute approximate surface area is 163 Å². The van der Waals surface area contributed by atoms with Crippen LogP contribution in [0.15, 0.2) is 24.3 Å². The molecule has 0 unspecified atom stereocenters. The molecule has 28 heavy (non-hydrogen) atoms. The lowest BCUT2D eigenvalue weighted by Crippen LogP contribution is -2.55. The van der Waals surface area contributed by atoms with E-state index in [1.165, 1.54) is 32.2 Å². The first-order chi connectivity index (χ1) is 13.3. The Kier molecular flexibility index (Phi) is 7.66. The van der Waals surface area contributed by atoms with Gasteiger partial charge < -0.3 is 15.4 Å². The van der Waals surface area contributed by atoms with E-state index >= 15 is 0 Å². The predicted molar refractivity (Wildman–Crippen MR) is 98.6 cm³/mol. The molecule has 1 fully saturated rings. The first-order valence-electron chi connectivity index (χ1n) is 9.21. The molecule has 152 valence electrons. The second kappa shape index (κ2) is 9.96. The number of amides is 2. The third-order valence-electron chi connectivity index (χ3n) is 4.77. The van der Waals surface area contributed by atoms with Crippen molar-refractivity contribution < 1.29 is 28.3 Å². The van der Waals surface area contributed by atoms with Crippen molar-refractivity contribution in [3.8, 4) is 0 Å². The smallest absolute Gasteiger partial charge is 0.328 e. The second-order valence-corrected chi connectivity index (χ2v) is 6.99. The fourth-order valence-electron chi connectivity index (χ4n) is 3.45. The first-order valence-corrected chi connectivity index (χ1v) is 9.21. The fraction of sp³-hybridized carbons (Fsp3) is 0.500. The van der Waals surface area contributed by atoms with E-state index in [4.69, 9.17) is 4.74 Å². The van der Waals surface area contributed by atoms with Gasteiger partial charge in [-0.05, 0) is 36.5 Å². The second-order valence-electron chi connectivity index (χ2n) is 6.99. The zero-order chi connectivity index (χ0) is 20.7. The number of halogens is 1. The molecule has 1 aromatic carbocycles. The average Bonchev–Trinajstić information content (AvgIpc) is 2.64. The van der Waals surface area contributed by atoms with Gasteiger partial charge in [-0.3, -0.25) is 14.4 Å². The summed E-state index contributed by atoms with van der Waals surface area (Å²) in [5, 5.41) is 5.15. The third kappa shape index (κ3) is 6.14. The molecule has 0 radical (unpaired) electrons. The van der Waals surface area contributed by atoms with Crippen LogP contribution in [0.2, 0.25) is 0 Å². The molecule has 3 atom stereocenters. The normalized spacial score (nSPS) is 18.7. The van der Waals surface area contributed by atoms with Gasteiger partial charge in [0.25, 0.3) is 0 Å². The van der Waals surface area contributed by atoms with Crippen molar-refractivity contribution in [1.29, 1.82) is 0 Å². The minimum absolute atomic E-state index is 0.0394. The van der Waals surface area contributed by atoms with E-state index in [0.29, 0.717) is 24.8 Å². The molecule has 0 spiro atoms. The van der Waals surface area contributed by atoms with Gasteiger partial charge in [0.05, 0.1) is 7.11 Å². The number of ether oxygens (including phenoxy) is 1.